The van der Waals surface area contributed by atoms with Crippen LogP contribution in [0.2, 0.25) is 0 Å². The van der Waals surface area contributed by atoms with Crippen molar-refractivity contribution in [2.75, 3.05) is 0 Å². The molecule has 0 bridgehead atoms. The number of hydrogen-bond acceptors (Lipinski definition) is 0. The summed E-state index contributed by atoms with van der Waals surface area (Å²) in [4.78, 5) is 0. The molecular weight excluding hydrogens is 415 g/mol. The molecule has 0 amide bonds. The van der Waals surface area contributed by atoms with Crippen LogP contribution in [0.15, 0.2) is 0 Å². The van der Waals surface area contributed by atoms with Crippen molar-refractivity contribution in [3.8, 4) is 0 Å². The van der Waals surface area contributed by atoms with Gasteiger partial charge in [0.1, 0.15) is 0 Å². The first-order valence-electron chi connectivity index (χ1n) is 0.802. The van der Waals surface area contributed by atoms with E-state index in [0.29, 0.717) is 0 Å². The third kappa shape index (κ3) is 64.3. The topological polar surface area (TPSA) is 0 Å². The molecule has 0 aromatic heterocycles. The Bertz CT molecular complexity index is 22.0. The second-order valence-corrected chi connectivity index (χ2v) is 16.1. The van der Waals surface area contributed by atoms with Gasteiger partial charge in [-0.05, 0) is 0 Å². The molecule has 0 aliphatic carbocycles. The van der Waals surface area contributed by atoms with Crippen LogP contribution in [-0.4, -0.2) is 0 Å². The van der Waals surface area contributed by atoms with Crippen molar-refractivity contribution < 1.29 is 26.0 Å². The first kappa shape index (κ1) is 13.6. The Hall–Kier alpha value is 2.99. The van der Waals surface area contributed by atoms with E-state index in [-0.39, 0.29) is 0 Å². The predicted octanol–water partition coefficient (Wildman–Crippen LogP) is 4.13. The molecule has 0 N–H and O–H groups in total. The van der Waals surface area contributed by atoms with E-state index in [2.05, 4.69) is 0 Å². The van der Waals surface area contributed by atoms with Crippen LogP contribution in [-0.2, 0) is 26.0 Å². The standard InChI is InChI=1S/6ClH.2Ru/h6*1H;;/q;;;;;;2*+3/p-6. The van der Waals surface area contributed by atoms with Crippen molar-refractivity contribution in [3.05, 3.63) is 0 Å². The maximum atomic E-state index is 4.95. The molecule has 0 aromatic rings. The minimum atomic E-state index is -1.75. The molecule has 8 heavy (non-hydrogen) atoms. The Labute approximate surface area is 82.8 Å². The second kappa shape index (κ2) is 9.99. The first-order valence-corrected chi connectivity index (χ1v) is 14.2. The van der Waals surface area contributed by atoms with Crippen LogP contribution in [0.1, 0.15) is 0 Å². The van der Waals surface area contributed by atoms with Crippen LogP contribution in [0.5, 0.6) is 0 Å². The summed E-state index contributed by atoms with van der Waals surface area (Å²) in [6.45, 7) is 0. The molecule has 0 spiro atoms. The molecule has 0 nitrogen and oxygen atoms in total. The zero-order chi connectivity index (χ0) is 7.15. The van der Waals surface area contributed by atoms with Gasteiger partial charge in [-0.2, -0.15) is 0 Å². The third-order valence-electron chi connectivity index (χ3n) is 0. The van der Waals surface area contributed by atoms with E-state index in [1.54, 1.807) is 0 Å². The third-order valence-corrected chi connectivity index (χ3v) is 0. The van der Waals surface area contributed by atoms with E-state index in [1.807, 2.05) is 0 Å². The van der Waals surface area contributed by atoms with Crippen molar-refractivity contribution in [2.24, 2.45) is 0 Å². The van der Waals surface area contributed by atoms with Gasteiger partial charge < -0.3 is 0 Å². The Balaban J connectivity index is 0. The summed E-state index contributed by atoms with van der Waals surface area (Å²) in [7, 11) is 29.7. The molecule has 0 rings (SSSR count). The van der Waals surface area contributed by atoms with Gasteiger partial charge >= 0.3 is 84.1 Å². The summed E-state index contributed by atoms with van der Waals surface area (Å²) in [5.74, 6) is 0. The molecule has 0 aliphatic rings. The van der Waals surface area contributed by atoms with Gasteiger partial charge in [-0.15, -0.1) is 0 Å². The van der Waals surface area contributed by atoms with Crippen molar-refractivity contribution in [1.29, 1.82) is 0 Å². The minimum absolute atomic E-state index is 1.75. The average molecular weight is 415 g/mol. The van der Waals surface area contributed by atoms with Crippen LogP contribution in [0.25, 0.3) is 0 Å². The molecule has 0 saturated carbocycles. The molecular formula is Cl6Ru2. The van der Waals surface area contributed by atoms with E-state index in [0.717, 1.165) is 0 Å². The molecule has 0 fully saturated rings. The molecule has 0 heterocycles. The van der Waals surface area contributed by atoms with Crippen molar-refractivity contribution in [3.63, 3.8) is 0 Å². The zero-order valence-electron chi connectivity index (χ0n) is 2.97. The monoisotopic (exact) mass is 414 g/mol. The van der Waals surface area contributed by atoms with Crippen LogP contribution >= 0.6 is 58.1 Å². The molecule has 8 heteroatoms. The fourth-order valence-corrected chi connectivity index (χ4v) is 0. The van der Waals surface area contributed by atoms with Gasteiger partial charge in [-0.3, -0.25) is 0 Å². The van der Waals surface area contributed by atoms with E-state index >= 15 is 0 Å². The van der Waals surface area contributed by atoms with Crippen LogP contribution < -0.4 is 0 Å². The SMILES string of the molecule is [Cl][Ru]([Cl])[Cl].[Cl][Ru]([Cl])[Cl]. The quantitative estimate of drug-likeness (QED) is 0.523. The summed E-state index contributed by atoms with van der Waals surface area (Å²) in [5, 5.41) is 0. The Morgan fingerprint density at radius 3 is 0.500 bits per heavy atom. The normalized spacial score (nSPS) is 11.2. The summed E-state index contributed by atoms with van der Waals surface area (Å²) < 4.78 is 0. The van der Waals surface area contributed by atoms with Crippen molar-refractivity contribution in [1.82, 2.24) is 0 Å². The summed E-state index contributed by atoms with van der Waals surface area (Å²) in [6.07, 6.45) is 0. The summed E-state index contributed by atoms with van der Waals surface area (Å²) in [6, 6.07) is 0. The molecule has 0 radical (unpaired) electrons. The van der Waals surface area contributed by atoms with Gasteiger partial charge in [0.25, 0.3) is 0 Å². The maximum absolute atomic E-state index is 4.95. The molecule has 0 saturated heterocycles. The Morgan fingerprint density at radius 1 is 0.500 bits per heavy atom. The van der Waals surface area contributed by atoms with Crippen LogP contribution in [0.3, 0.4) is 0 Å². The summed E-state index contributed by atoms with van der Waals surface area (Å²) in [5.41, 5.74) is 0. The summed E-state index contributed by atoms with van der Waals surface area (Å²) >= 11 is -3.51. The average Bonchev–Trinajstić information content (AvgIpc) is 1.25. The molecule has 0 aromatic carbocycles. The van der Waals surface area contributed by atoms with Gasteiger partial charge in [0.15, 0.2) is 0 Å². The van der Waals surface area contributed by atoms with Crippen LogP contribution in [0.4, 0.5) is 0 Å². The molecule has 0 unspecified atom stereocenters. The van der Waals surface area contributed by atoms with Crippen LogP contribution in [0, 0.1) is 0 Å². The van der Waals surface area contributed by atoms with E-state index in [4.69, 9.17) is 58.1 Å². The molecule has 0 atom stereocenters. The van der Waals surface area contributed by atoms with Gasteiger partial charge in [0, 0.05) is 0 Å². The fourth-order valence-electron chi connectivity index (χ4n) is 0. The Morgan fingerprint density at radius 2 is 0.500 bits per heavy atom. The zero-order valence-corrected chi connectivity index (χ0v) is 11.0. The van der Waals surface area contributed by atoms with E-state index < -0.39 is 26.0 Å². The second-order valence-electron chi connectivity index (χ2n) is 0.303. The molecule has 58 valence electrons. The van der Waals surface area contributed by atoms with E-state index in [9.17, 15) is 0 Å². The van der Waals surface area contributed by atoms with Gasteiger partial charge in [-0.1, -0.05) is 0 Å². The van der Waals surface area contributed by atoms with Crippen molar-refractivity contribution >= 4 is 58.1 Å². The number of rotatable bonds is 0. The number of hydrogen-bond donors (Lipinski definition) is 0. The fraction of sp³-hybridized carbons (Fsp3) is 0. The molecule has 0 aliphatic heterocycles. The number of halogens is 6. The van der Waals surface area contributed by atoms with Gasteiger partial charge in [0.2, 0.25) is 0 Å². The predicted molar refractivity (Wildman–Crippen MR) is 35.1 cm³/mol. The Kier molecular flexibility index (Phi) is 16.9. The first-order chi connectivity index (χ1) is 3.46. The van der Waals surface area contributed by atoms with Gasteiger partial charge in [-0.25, -0.2) is 0 Å². The van der Waals surface area contributed by atoms with E-state index in [1.165, 1.54) is 0 Å². The van der Waals surface area contributed by atoms with Gasteiger partial charge in [0.05, 0.1) is 0 Å². The van der Waals surface area contributed by atoms with Crippen molar-refractivity contribution in [2.45, 2.75) is 0 Å².